The fraction of sp³-hybridized carbons (Fsp3) is 0.318. The first-order valence-corrected chi connectivity index (χ1v) is 10.2. The van der Waals surface area contributed by atoms with Crippen LogP contribution in [0.3, 0.4) is 0 Å². The van der Waals surface area contributed by atoms with Crippen LogP contribution in [0, 0.1) is 6.92 Å². The summed E-state index contributed by atoms with van der Waals surface area (Å²) >= 11 is 1.92. The van der Waals surface area contributed by atoms with Gasteiger partial charge in [0.15, 0.2) is 0 Å². The number of imidazole rings is 1. The topological polar surface area (TPSA) is 27.1 Å². The van der Waals surface area contributed by atoms with E-state index in [9.17, 15) is 0 Å². The number of rotatable bonds is 5. The Balaban J connectivity index is 1.59. The maximum absolute atomic E-state index is 6.37. The third-order valence-electron chi connectivity index (χ3n) is 4.96. The number of hydrogen-bond acceptors (Lipinski definition) is 3. The minimum Gasteiger partial charge on any atom is -0.360 e. The van der Waals surface area contributed by atoms with Crippen LogP contribution in [0.5, 0.6) is 0 Å². The molecule has 1 aromatic heterocycles. The van der Waals surface area contributed by atoms with E-state index >= 15 is 0 Å². The molecule has 0 saturated carbocycles. The molecule has 1 aliphatic heterocycles. The van der Waals surface area contributed by atoms with Gasteiger partial charge in [0.2, 0.25) is 0 Å². The summed E-state index contributed by atoms with van der Waals surface area (Å²) in [5.41, 5.74) is 3.75. The maximum atomic E-state index is 6.37. The van der Waals surface area contributed by atoms with E-state index in [-0.39, 0.29) is 4.93 Å². The molecule has 3 nitrogen and oxygen atoms in total. The first-order chi connectivity index (χ1) is 12.8. The summed E-state index contributed by atoms with van der Waals surface area (Å²) < 4.78 is 8.48. The van der Waals surface area contributed by atoms with Crippen molar-refractivity contribution in [1.29, 1.82) is 0 Å². The zero-order valence-corrected chi connectivity index (χ0v) is 15.9. The van der Waals surface area contributed by atoms with Gasteiger partial charge in [-0.2, -0.15) is 0 Å². The highest BCUT2D eigenvalue weighted by Gasteiger charge is 2.35. The minimum atomic E-state index is -0.239. The molecule has 134 valence electrons. The largest absolute Gasteiger partial charge is 0.360 e. The molecule has 2 aromatic carbocycles. The smallest absolute Gasteiger partial charge is 0.139 e. The van der Waals surface area contributed by atoms with Crippen molar-refractivity contribution in [2.24, 2.45) is 0 Å². The van der Waals surface area contributed by atoms with Gasteiger partial charge >= 0.3 is 0 Å². The van der Waals surface area contributed by atoms with E-state index in [1.54, 1.807) is 0 Å². The lowest BCUT2D eigenvalue weighted by molar-refractivity contribution is -0.0140. The van der Waals surface area contributed by atoms with Gasteiger partial charge in [-0.15, -0.1) is 11.8 Å². The lowest BCUT2D eigenvalue weighted by Gasteiger charge is -2.37. The van der Waals surface area contributed by atoms with Crippen LogP contribution in [-0.4, -0.2) is 16.2 Å². The third-order valence-corrected chi connectivity index (χ3v) is 6.46. The lowest BCUT2D eigenvalue weighted by atomic mass is 10.0. The monoisotopic (exact) mass is 364 g/mol. The van der Waals surface area contributed by atoms with Gasteiger partial charge in [0.1, 0.15) is 10.8 Å². The Morgan fingerprint density at radius 2 is 1.88 bits per heavy atom. The summed E-state index contributed by atoms with van der Waals surface area (Å²) in [5.74, 6) is 1.96. The summed E-state index contributed by atoms with van der Waals surface area (Å²) in [6, 6.07) is 19.4. The predicted molar refractivity (Wildman–Crippen MR) is 108 cm³/mol. The highest BCUT2D eigenvalue weighted by atomic mass is 32.2. The van der Waals surface area contributed by atoms with E-state index in [1.165, 1.54) is 17.5 Å². The van der Waals surface area contributed by atoms with Crippen LogP contribution in [0.4, 0.5) is 0 Å². The van der Waals surface area contributed by atoms with Gasteiger partial charge in [-0.25, -0.2) is 4.98 Å². The van der Waals surface area contributed by atoms with Gasteiger partial charge in [-0.3, -0.25) is 0 Å². The van der Waals surface area contributed by atoms with Crippen molar-refractivity contribution in [3.05, 3.63) is 83.9 Å². The molecule has 2 heterocycles. The molecule has 3 aromatic rings. The molecule has 0 spiro atoms. The van der Waals surface area contributed by atoms with Gasteiger partial charge in [0.25, 0.3) is 0 Å². The van der Waals surface area contributed by atoms with Crippen molar-refractivity contribution < 1.29 is 4.74 Å². The molecule has 1 saturated heterocycles. The average Bonchev–Trinajstić information content (AvgIpc) is 3.14. The van der Waals surface area contributed by atoms with Crippen molar-refractivity contribution in [2.45, 2.75) is 36.9 Å². The van der Waals surface area contributed by atoms with E-state index < -0.39 is 0 Å². The summed E-state index contributed by atoms with van der Waals surface area (Å²) in [7, 11) is 0. The number of hydrogen-bond donors (Lipinski definition) is 0. The highest BCUT2D eigenvalue weighted by Crippen LogP contribution is 2.46. The van der Waals surface area contributed by atoms with Crippen molar-refractivity contribution in [3.8, 4) is 5.69 Å². The Hall–Kier alpha value is -2.04. The summed E-state index contributed by atoms with van der Waals surface area (Å²) in [4.78, 5) is 4.08. The van der Waals surface area contributed by atoms with Crippen LogP contribution >= 0.6 is 11.8 Å². The second-order valence-electron chi connectivity index (χ2n) is 6.72. The SMILES string of the molecule is Cc1nccn1-c1ccc(C2(SCc3ccccc3)CCCCO2)cc1. The van der Waals surface area contributed by atoms with Gasteiger partial charge in [0, 0.05) is 30.4 Å². The van der Waals surface area contributed by atoms with E-state index in [1.807, 2.05) is 31.1 Å². The van der Waals surface area contributed by atoms with Gasteiger partial charge in [-0.05, 0) is 49.4 Å². The normalized spacial score (nSPS) is 20.2. The molecule has 0 radical (unpaired) electrons. The van der Waals surface area contributed by atoms with Crippen LogP contribution in [0.25, 0.3) is 5.69 Å². The van der Waals surface area contributed by atoms with Crippen molar-refractivity contribution in [1.82, 2.24) is 9.55 Å². The van der Waals surface area contributed by atoms with E-state index in [0.717, 1.165) is 36.7 Å². The lowest BCUT2D eigenvalue weighted by Crippen LogP contribution is -2.30. The van der Waals surface area contributed by atoms with Gasteiger partial charge in [0.05, 0.1) is 0 Å². The second-order valence-corrected chi connectivity index (χ2v) is 7.96. The Kier molecular flexibility index (Phi) is 5.14. The standard InChI is InChI=1S/C22H24N2OS/c1-18-23-14-15-24(18)21-11-9-20(10-12-21)22(13-5-6-16-25-22)26-17-19-7-3-2-4-8-19/h2-4,7-12,14-15H,5-6,13,16-17H2,1H3. The Labute approximate surface area is 159 Å². The van der Waals surface area contributed by atoms with E-state index in [2.05, 4.69) is 64.1 Å². The minimum absolute atomic E-state index is 0.239. The number of benzene rings is 2. The molecule has 1 aliphatic rings. The molecular formula is C22H24N2OS. The van der Waals surface area contributed by atoms with Crippen LogP contribution in [0.1, 0.15) is 36.2 Å². The number of thioether (sulfide) groups is 1. The van der Waals surface area contributed by atoms with Gasteiger partial charge in [-0.1, -0.05) is 42.5 Å². The number of aromatic nitrogens is 2. The Bertz CT molecular complexity index is 836. The summed E-state index contributed by atoms with van der Waals surface area (Å²) in [5, 5.41) is 0. The number of aryl methyl sites for hydroxylation is 1. The van der Waals surface area contributed by atoms with Crippen LogP contribution < -0.4 is 0 Å². The zero-order valence-electron chi connectivity index (χ0n) is 15.1. The molecule has 1 unspecified atom stereocenters. The van der Waals surface area contributed by atoms with E-state index in [4.69, 9.17) is 4.74 Å². The number of nitrogens with zero attached hydrogens (tertiary/aromatic N) is 2. The van der Waals surface area contributed by atoms with Crippen LogP contribution in [0.15, 0.2) is 67.0 Å². The molecule has 26 heavy (non-hydrogen) atoms. The molecule has 0 N–H and O–H groups in total. The molecule has 4 heteroatoms. The first-order valence-electron chi connectivity index (χ1n) is 9.20. The zero-order chi connectivity index (χ0) is 17.8. The average molecular weight is 365 g/mol. The van der Waals surface area contributed by atoms with Crippen LogP contribution in [0.2, 0.25) is 0 Å². The Morgan fingerprint density at radius 3 is 2.54 bits per heavy atom. The number of ether oxygens (including phenoxy) is 1. The highest BCUT2D eigenvalue weighted by molar-refractivity contribution is 7.99. The van der Waals surface area contributed by atoms with E-state index in [0.29, 0.717) is 0 Å². The third kappa shape index (κ3) is 3.57. The predicted octanol–water partition coefficient (Wildman–Crippen LogP) is 5.47. The Morgan fingerprint density at radius 1 is 1.08 bits per heavy atom. The first kappa shape index (κ1) is 17.4. The quantitative estimate of drug-likeness (QED) is 0.601. The second kappa shape index (κ2) is 7.68. The molecule has 0 aliphatic carbocycles. The molecule has 1 fully saturated rings. The fourth-order valence-corrected chi connectivity index (χ4v) is 4.85. The van der Waals surface area contributed by atoms with Crippen molar-refractivity contribution in [2.75, 3.05) is 6.61 Å². The molecular weight excluding hydrogens is 340 g/mol. The fourth-order valence-electron chi connectivity index (χ4n) is 3.49. The van der Waals surface area contributed by atoms with Crippen molar-refractivity contribution >= 4 is 11.8 Å². The van der Waals surface area contributed by atoms with Crippen LogP contribution in [-0.2, 0) is 15.4 Å². The van der Waals surface area contributed by atoms with Gasteiger partial charge < -0.3 is 9.30 Å². The molecule has 0 amide bonds. The maximum Gasteiger partial charge on any atom is 0.139 e. The summed E-state index contributed by atoms with van der Waals surface area (Å²) in [6.07, 6.45) is 7.27. The van der Waals surface area contributed by atoms with Crippen molar-refractivity contribution in [3.63, 3.8) is 0 Å². The molecule has 1 atom stereocenters. The molecule has 4 rings (SSSR count). The molecule has 0 bridgehead atoms. The summed E-state index contributed by atoms with van der Waals surface area (Å²) in [6.45, 7) is 2.86.